The number of fused-ring (bicyclic) bond motifs is 1. The van der Waals surface area contributed by atoms with Crippen LogP contribution in [-0.2, 0) is 16.8 Å². The molecule has 45 heavy (non-hydrogen) atoms. The number of aromatic nitrogens is 3. The molecule has 1 fully saturated rings. The Morgan fingerprint density at radius 3 is 2.56 bits per heavy atom. The van der Waals surface area contributed by atoms with Crippen LogP contribution in [0, 0.1) is 5.82 Å². The molecule has 4 aromatic rings. The number of carbonyl (C=O) groups is 2. The number of ether oxygens (including phenoxy) is 2. The number of hydrogen-bond acceptors (Lipinski definition) is 7. The molecule has 238 valence electrons. The Morgan fingerprint density at radius 1 is 1.20 bits per heavy atom. The highest BCUT2D eigenvalue weighted by atomic mass is 35.5. The highest BCUT2D eigenvalue weighted by Gasteiger charge is 2.57. The summed E-state index contributed by atoms with van der Waals surface area (Å²) in [5.74, 6) is -2.59. The number of primary amides is 1. The van der Waals surface area contributed by atoms with E-state index in [1.54, 1.807) is 17.8 Å². The topological polar surface area (TPSA) is 142 Å². The molecular weight excluding hydrogens is 622 g/mol. The van der Waals surface area contributed by atoms with E-state index in [1.165, 1.54) is 25.3 Å². The van der Waals surface area contributed by atoms with Gasteiger partial charge in [0.2, 0.25) is 11.5 Å². The van der Waals surface area contributed by atoms with Crippen molar-refractivity contribution in [3.05, 3.63) is 70.3 Å². The highest BCUT2D eigenvalue weighted by Crippen LogP contribution is 2.43. The van der Waals surface area contributed by atoms with E-state index >= 15 is 0 Å². The van der Waals surface area contributed by atoms with E-state index in [0.29, 0.717) is 10.9 Å². The number of benzene rings is 2. The van der Waals surface area contributed by atoms with Crippen LogP contribution < -0.4 is 20.5 Å². The Bertz CT molecular complexity index is 1790. The minimum Gasteiger partial charge on any atom is -0.494 e. The van der Waals surface area contributed by atoms with Crippen LogP contribution in [0.3, 0.4) is 0 Å². The summed E-state index contributed by atoms with van der Waals surface area (Å²) in [7, 11) is 1.37. The molecular formula is C30H28ClF4N5O5. The molecule has 1 aliphatic rings. The minimum atomic E-state index is -5.40. The van der Waals surface area contributed by atoms with Gasteiger partial charge in [-0.1, -0.05) is 11.6 Å². The highest BCUT2D eigenvalue weighted by molar-refractivity contribution is 6.33. The minimum absolute atomic E-state index is 0.0142. The van der Waals surface area contributed by atoms with Gasteiger partial charge in [-0.15, -0.1) is 0 Å². The van der Waals surface area contributed by atoms with Gasteiger partial charge in [-0.3, -0.25) is 14.3 Å². The van der Waals surface area contributed by atoms with Crippen LogP contribution in [0.15, 0.2) is 42.6 Å². The van der Waals surface area contributed by atoms with Crippen LogP contribution in [0.25, 0.3) is 22.2 Å². The van der Waals surface area contributed by atoms with Crippen molar-refractivity contribution in [2.75, 3.05) is 20.3 Å². The SMILES string of the molecule is CCOc1c(CC(N)=O)cc([C@@](O)(CNC(=O)c2cc(OC)c3nn(C4CC4)cc3c2)C(F)(F)F)nc1-c1cc(F)ccc1Cl. The normalized spacial score (nSPS) is 14.7. The molecule has 1 saturated carbocycles. The molecule has 2 heterocycles. The van der Waals surface area contributed by atoms with Gasteiger partial charge < -0.3 is 25.6 Å². The number of carbonyl (C=O) groups excluding carboxylic acids is 2. The van der Waals surface area contributed by atoms with Gasteiger partial charge in [0.15, 0.2) is 0 Å². The Labute approximate surface area is 259 Å². The van der Waals surface area contributed by atoms with Gasteiger partial charge in [0.25, 0.3) is 5.91 Å². The number of hydrogen-bond donors (Lipinski definition) is 3. The second-order valence-electron chi connectivity index (χ2n) is 10.5. The van der Waals surface area contributed by atoms with Crippen molar-refractivity contribution in [2.24, 2.45) is 5.73 Å². The summed E-state index contributed by atoms with van der Waals surface area (Å²) >= 11 is 6.26. The molecule has 0 aliphatic heterocycles. The van der Waals surface area contributed by atoms with Gasteiger partial charge in [0, 0.05) is 28.3 Å². The molecule has 1 aliphatic carbocycles. The summed E-state index contributed by atoms with van der Waals surface area (Å²) in [4.78, 5) is 29.2. The first-order chi connectivity index (χ1) is 21.2. The summed E-state index contributed by atoms with van der Waals surface area (Å²) in [6.45, 7) is 0.174. The number of methoxy groups -OCH3 is 1. The van der Waals surface area contributed by atoms with E-state index in [-0.39, 0.29) is 51.6 Å². The van der Waals surface area contributed by atoms with E-state index in [4.69, 9.17) is 26.8 Å². The fourth-order valence-electron chi connectivity index (χ4n) is 4.86. The third kappa shape index (κ3) is 6.38. The predicted molar refractivity (Wildman–Crippen MR) is 156 cm³/mol. The number of nitrogens with two attached hydrogens (primary N) is 1. The van der Waals surface area contributed by atoms with E-state index < -0.39 is 48.1 Å². The maximum absolute atomic E-state index is 14.7. The number of rotatable bonds is 11. The van der Waals surface area contributed by atoms with Crippen LogP contribution in [-0.4, -0.2) is 58.1 Å². The van der Waals surface area contributed by atoms with Crippen molar-refractivity contribution >= 4 is 34.3 Å². The van der Waals surface area contributed by atoms with Gasteiger partial charge in [-0.05, 0) is 56.2 Å². The Hall–Kier alpha value is -4.43. The van der Waals surface area contributed by atoms with Gasteiger partial charge in [0.05, 0.1) is 43.4 Å². The molecule has 5 rings (SSSR count). The zero-order chi connectivity index (χ0) is 32.7. The quantitative estimate of drug-likeness (QED) is 0.198. The Balaban J connectivity index is 1.57. The maximum Gasteiger partial charge on any atom is 0.424 e. The van der Waals surface area contributed by atoms with Crippen molar-refractivity contribution in [1.29, 1.82) is 0 Å². The summed E-state index contributed by atoms with van der Waals surface area (Å²) in [6, 6.07) is 6.95. The number of aliphatic hydroxyl groups is 1. The van der Waals surface area contributed by atoms with Gasteiger partial charge in [-0.2, -0.15) is 18.3 Å². The third-order valence-electron chi connectivity index (χ3n) is 7.28. The number of nitrogens with zero attached hydrogens (tertiary/aromatic N) is 3. The molecule has 2 amide bonds. The van der Waals surface area contributed by atoms with E-state index in [9.17, 15) is 32.3 Å². The molecule has 0 bridgehead atoms. The Kier molecular flexibility index (Phi) is 8.64. The zero-order valence-electron chi connectivity index (χ0n) is 24.0. The first-order valence-electron chi connectivity index (χ1n) is 13.8. The summed E-state index contributed by atoms with van der Waals surface area (Å²) in [5, 5.41) is 18.3. The van der Waals surface area contributed by atoms with Crippen molar-refractivity contribution < 1.29 is 41.7 Å². The van der Waals surface area contributed by atoms with E-state index in [0.717, 1.165) is 31.0 Å². The molecule has 2 aromatic heterocycles. The average molecular weight is 650 g/mol. The smallest absolute Gasteiger partial charge is 0.424 e. The van der Waals surface area contributed by atoms with Crippen LogP contribution in [0.5, 0.6) is 11.5 Å². The molecule has 15 heteroatoms. The second kappa shape index (κ2) is 12.2. The van der Waals surface area contributed by atoms with Crippen LogP contribution in [0.1, 0.15) is 47.4 Å². The molecule has 0 radical (unpaired) electrons. The second-order valence-corrected chi connectivity index (χ2v) is 10.9. The number of nitrogens with one attached hydrogen (secondary N) is 1. The number of alkyl halides is 3. The molecule has 0 spiro atoms. The standard InChI is InChI=1S/C30H28ClF4N5O5/c1-3-45-27-15(11-24(36)41)10-23(38-26(27)20-12-18(32)4-7-21(20)31)29(43,30(33,34)35)14-37-28(42)16-8-17-13-40(19-5-6-19)39-25(17)22(9-16)44-2/h4,7-10,12-13,19,43H,3,5-6,11,14H2,1-2H3,(H2,36,41)(H,37,42)/t29-/m0/s1. The predicted octanol–water partition coefficient (Wildman–Crippen LogP) is 4.84. The lowest BCUT2D eigenvalue weighted by Crippen LogP contribution is -2.51. The zero-order valence-corrected chi connectivity index (χ0v) is 24.8. The molecule has 2 aromatic carbocycles. The van der Waals surface area contributed by atoms with E-state index in [2.05, 4.69) is 15.4 Å². The van der Waals surface area contributed by atoms with Crippen molar-refractivity contribution in [3.63, 3.8) is 0 Å². The molecule has 10 nitrogen and oxygen atoms in total. The molecule has 1 atom stereocenters. The summed E-state index contributed by atoms with van der Waals surface area (Å²) in [5.41, 5.74) is 0.313. The molecule has 0 saturated heterocycles. The fourth-order valence-corrected chi connectivity index (χ4v) is 5.07. The average Bonchev–Trinajstić information content (AvgIpc) is 3.74. The first-order valence-corrected chi connectivity index (χ1v) is 14.2. The van der Waals surface area contributed by atoms with Crippen molar-refractivity contribution in [3.8, 4) is 22.8 Å². The lowest BCUT2D eigenvalue weighted by molar-refractivity contribution is -0.265. The largest absolute Gasteiger partial charge is 0.494 e. The summed E-state index contributed by atoms with van der Waals surface area (Å²) in [6.07, 6.45) is -2.39. The van der Waals surface area contributed by atoms with Crippen molar-refractivity contribution in [1.82, 2.24) is 20.1 Å². The Morgan fingerprint density at radius 2 is 1.93 bits per heavy atom. The molecule has 0 unspecified atom stereocenters. The first kappa shape index (κ1) is 32.0. The monoisotopic (exact) mass is 649 g/mol. The summed E-state index contributed by atoms with van der Waals surface area (Å²) < 4.78 is 71.1. The fraction of sp³-hybridized carbons (Fsp3) is 0.333. The number of halogens is 5. The van der Waals surface area contributed by atoms with Crippen LogP contribution in [0.4, 0.5) is 17.6 Å². The maximum atomic E-state index is 14.7. The van der Waals surface area contributed by atoms with Gasteiger partial charge >= 0.3 is 6.18 Å². The number of pyridine rings is 1. The number of amides is 2. The van der Waals surface area contributed by atoms with Gasteiger partial charge in [-0.25, -0.2) is 9.37 Å². The molecule has 4 N–H and O–H groups in total. The lowest BCUT2D eigenvalue weighted by atomic mass is 9.93. The third-order valence-corrected chi connectivity index (χ3v) is 7.61. The van der Waals surface area contributed by atoms with Crippen LogP contribution in [0.2, 0.25) is 5.02 Å². The van der Waals surface area contributed by atoms with Crippen molar-refractivity contribution in [2.45, 2.75) is 44.0 Å². The van der Waals surface area contributed by atoms with E-state index in [1.807, 2.05) is 0 Å². The lowest BCUT2D eigenvalue weighted by Gasteiger charge is -2.31. The van der Waals surface area contributed by atoms with Gasteiger partial charge in [0.1, 0.15) is 28.5 Å². The van der Waals surface area contributed by atoms with Crippen LogP contribution >= 0.6 is 11.6 Å².